The molecule has 0 bridgehead atoms. The zero-order valence-electron chi connectivity index (χ0n) is 15.5. The molecule has 4 rings (SSSR count). The Bertz CT molecular complexity index is 928. The molecule has 3 aromatic rings. The molecule has 28 heavy (non-hydrogen) atoms. The minimum Gasteiger partial charge on any atom is -0.473 e. The molecule has 0 saturated carbocycles. The second-order valence-electron chi connectivity index (χ2n) is 6.97. The van der Waals surface area contributed by atoms with Crippen LogP contribution in [0.25, 0.3) is 0 Å². The summed E-state index contributed by atoms with van der Waals surface area (Å²) < 4.78 is 5.80. The fraction of sp³-hybridized carbons (Fsp3) is 0.273. The Morgan fingerprint density at radius 1 is 1.00 bits per heavy atom. The third-order valence-electron chi connectivity index (χ3n) is 5.10. The maximum atomic E-state index is 11.1. The highest BCUT2D eigenvalue weighted by molar-refractivity contribution is 6.31. The predicted molar refractivity (Wildman–Crippen MR) is 110 cm³/mol. The van der Waals surface area contributed by atoms with Crippen molar-refractivity contribution in [2.24, 2.45) is 0 Å². The van der Waals surface area contributed by atoms with Crippen LogP contribution in [0.2, 0.25) is 5.02 Å². The Kier molecular flexibility index (Phi) is 5.46. The van der Waals surface area contributed by atoms with E-state index in [9.17, 15) is 5.11 Å². The quantitative estimate of drug-likeness (QED) is 0.701. The number of aliphatic hydroxyl groups is 1. The van der Waals surface area contributed by atoms with Gasteiger partial charge in [0.05, 0.1) is 5.60 Å². The summed E-state index contributed by atoms with van der Waals surface area (Å²) in [7, 11) is 0. The maximum Gasteiger partial charge on any atom is 0.228 e. The normalized spacial score (nSPS) is 16.0. The fourth-order valence-electron chi connectivity index (χ4n) is 3.48. The Hall–Kier alpha value is -2.63. The largest absolute Gasteiger partial charge is 0.473 e. The molecule has 0 atom stereocenters. The number of aromatic nitrogens is 2. The summed E-state index contributed by atoms with van der Waals surface area (Å²) in [5, 5.41) is 11.7. The average molecular weight is 396 g/mol. The van der Waals surface area contributed by atoms with Gasteiger partial charge in [0, 0.05) is 35.9 Å². The molecular weight excluding hydrogens is 374 g/mol. The van der Waals surface area contributed by atoms with Gasteiger partial charge < -0.3 is 14.7 Å². The molecule has 0 aliphatic carbocycles. The number of anilines is 1. The van der Waals surface area contributed by atoms with Crippen molar-refractivity contribution in [2.75, 3.05) is 18.0 Å². The number of ether oxygens (including phenoxy) is 1. The Balaban J connectivity index is 1.41. The summed E-state index contributed by atoms with van der Waals surface area (Å²) in [4.78, 5) is 11.0. The molecule has 1 fully saturated rings. The van der Waals surface area contributed by atoms with Crippen LogP contribution in [-0.4, -0.2) is 28.2 Å². The second-order valence-corrected chi connectivity index (χ2v) is 7.37. The number of benzene rings is 2. The molecule has 1 saturated heterocycles. The predicted octanol–water partition coefficient (Wildman–Crippen LogP) is 4.20. The molecule has 1 aliphatic rings. The van der Waals surface area contributed by atoms with Crippen LogP contribution in [-0.2, 0) is 12.2 Å². The van der Waals surface area contributed by atoms with E-state index >= 15 is 0 Å². The first-order valence-corrected chi connectivity index (χ1v) is 9.74. The number of rotatable bonds is 5. The lowest BCUT2D eigenvalue weighted by Crippen LogP contribution is -2.43. The molecule has 1 aromatic heterocycles. The molecule has 6 heteroatoms. The van der Waals surface area contributed by atoms with Gasteiger partial charge in [-0.25, -0.2) is 4.98 Å². The topological polar surface area (TPSA) is 58.5 Å². The highest BCUT2D eigenvalue weighted by Crippen LogP contribution is 2.37. The van der Waals surface area contributed by atoms with Gasteiger partial charge in [0.1, 0.15) is 6.61 Å². The number of piperidine rings is 1. The van der Waals surface area contributed by atoms with Gasteiger partial charge in [-0.3, -0.25) is 0 Å². The molecule has 0 amide bonds. The number of hydrogen-bond acceptors (Lipinski definition) is 5. The van der Waals surface area contributed by atoms with Gasteiger partial charge in [-0.2, -0.15) is 4.98 Å². The van der Waals surface area contributed by atoms with E-state index in [4.69, 9.17) is 16.3 Å². The fourth-order valence-corrected chi connectivity index (χ4v) is 3.79. The van der Waals surface area contributed by atoms with Crippen molar-refractivity contribution in [3.63, 3.8) is 0 Å². The summed E-state index contributed by atoms with van der Waals surface area (Å²) in [6.45, 7) is 1.75. The third-order valence-corrected chi connectivity index (χ3v) is 5.43. The highest BCUT2D eigenvalue weighted by atomic mass is 35.5. The molecule has 2 heterocycles. The molecule has 0 spiro atoms. The minimum absolute atomic E-state index is 0.462. The van der Waals surface area contributed by atoms with Crippen molar-refractivity contribution in [3.8, 4) is 5.88 Å². The lowest BCUT2D eigenvalue weighted by Gasteiger charge is -2.38. The minimum atomic E-state index is -0.920. The summed E-state index contributed by atoms with van der Waals surface area (Å²) in [6, 6.07) is 19.2. The third kappa shape index (κ3) is 4.11. The molecule has 1 aliphatic heterocycles. The average Bonchev–Trinajstić information content (AvgIpc) is 2.74. The Morgan fingerprint density at radius 3 is 2.46 bits per heavy atom. The Morgan fingerprint density at radius 2 is 1.71 bits per heavy atom. The first-order valence-electron chi connectivity index (χ1n) is 9.36. The summed E-state index contributed by atoms with van der Waals surface area (Å²) in [5.74, 6) is 1.16. The van der Waals surface area contributed by atoms with Crippen LogP contribution in [0, 0.1) is 0 Å². The molecule has 144 valence electrons. The van der Waals surface area contributed by atoms with Gasteiger partial charge in [-0.05, 0) is 24.5 Å². The van der Waals surface area contributed by atoms with Gasteiger partial charge in [0.2, 0.25) is 11.8 Å². The monoisotopic (exact) mass is 395 g/mol. The van der Waals surface area contributed by atoms with Crippen molar-refractivity contribution in [1.29, 1.82) is 0 Å². The smallest absolute Gasteiger partial charge is 0.228 e. The van der Waals surface area contributed by atoms with Crippen molar-refractivity contribution in [2.45, 2.75) is 25.0 Å². The van der Waals surface area contributed by atoms with Crippen LogP contribution in [0.1, 0.15) is 24.0 Å². The van der Waals surface area contributed by atoms with Crippen LogP contribution in [0.5, 0.6) is 5.88 Å². The summed E-state index contributed by atoms with van der Waals surface area (Å²) >= 11 is 6.29. The number of nitrogens with zero attached hydrogens (tertiary/aromatic N) is 3. The van der Waals surface area contributed by atoms with Crippen LogP contribution < -0.4 is 9.64 Å². The summed E-state index contributed by atoms with van der Waals surface area (Å²) in [6.07, 6.45) is 2.84. The van der Waals surface area contributed by atoms with E-state index in [2.05, 4.69) is 14.9 Å². The molecule has 5 nitrogen and oxygen atoms in total. The first kappa shape index (κ1) is 18.7. The standard InChI is InChI=1S/C22H22ClN3O2/c23-19-9-5-4-8-18(19)22(27)11-14-26(15-12-22)21-24-13-10-20(25-21)28-16-17-6-2-1-3-7-17/h1-10,13,27H,11-12,14-16H2. The number of halogens is 1. The van der Waals surface area contributed by atoms with Crippen LogP contribution in [0.3, 0.4) is 0 Å². The summed E-state index contributed by atoms with van der Waals surface area (Å²) in [5.41, 5.74) is 0.957. The molecule has 0 radical (unpaired) electrons. The lowest BCUT2D eigenvalue weighted by atomic mass is 9.84. The van der Waals surface area contributed by atoms with Crippen molar-refractivity contribution in [1.82, 2.24) is 9.97 Å². The first-order chi connectivity index (χ1) is 13.6. The maximum absolute atomic E-state index is 11.1. The molecule has 0 unspecified atom stereocenters. The van der Waals surface area contributed by atoms with Crippen molar-refractivity contribution >= 4 is 17.5 Å². The van der Waals surface area contributed by atoms with Gasteiger partial charge in [0.25, 0.3) is 0 Å². The SMILES string of the molecule is OC1(c2ccccc2Cl)CCN(c2nccc(OCc3ccccc3)n2)CC1. The van der Waals surface area contributed by atoms with E-state index in [-0.39, 0.29) is 0 Å². The van der Waals surface area contributed by atoms with Gasteiger partial charge >= 0.3 is 0 Å². The molecule has 2 aromatic carbocycles. The zero-order valence-corrected chi connectivity index (χ0v) is 16.2. The van der Waals surface area contributed by atoms with E-state index in [0.29, 0.717) is 49.4 Å². The van der Waals surface area contributed by atoms with E-state index < -0.39 is 5.60 Å². The van der Waals surface area contributed by atoms with Gasteiger partial charge in [-0.15, -0.1) is 0 Å². The van der Waals surface area contributed by atoms with E-state index in [1.54, 1.807) is 12.3 Å². The van der Waals surface area contributed by atoms with Crippen LogP contribution in [0.15, 0.2) is 66.9 Å². The number of hydrogen-bond donors (Lipinski definition) is 1. The lowest BCUT2D eigenvalue weighted by molar-refractivity contribution is 0.0116. The van der Waals surface area contributed by atoms with Gasteiger partial charge in [0.15, 0.2) is 0 Å². The van der Waals surface area contributed by atoms with Crippen molar-refractivity contribution in [3.05, 3.63) is 83.0 Å². The van der Waals surface area contributed by atoms with E-state index in [1.807, 2.05) is 54.6 Å². The van der Waals surface area contributed by atoms with Crippen LogP contribution >= 0.6 is 11.6 Å². The van der Waals surface area contributed by atoms with Crippen molar-refractivity contribution < 1.29 is 9.84 Å². The zero-order chi connectivity index (χ0) is 19.4. The van der Waals surface area contributed by atoms with E-state index in [0.717, 1.165) is 11.1 Å². The van der Waals surface area contributed by atoms with Crippen LogP contribution in [0.4, 0.5) is 5.95 Å². The second kappa shape index (κ2) is 8.17. The van der Waals surface area contributed by atoms with Gasteiger partial charge in [-0.1, -0.05) is 60.1 Å². The van der Waals surface area contributed by atoms with E-state index in [1.165, 1.54) is 0 Å². The molecular formula is C22H22ClN3O2. The highest BCUT2D eigenvalue weighted by Gasteiger charge is 2.36. The molecule has 1 N–H and O–H groups in total. The Labute approximate surface area is 169 Å².